The van der Waals surface area contributed by atoms with E-state index in [9.17, 15) is 9.59 Å². The van der Waals surface area contributed by atoms with Crippen LogP contribution in [-0.4, -0.2) is 18.5 Å². The lowest BCUT2D eigenvalue weighted by molar-refractivity contribution is -0.120. The zero-order valence-corrected chi connectivity index (χ0v) is 9.83. The minimum absolute atomic E-state index is 0. The van der Waals surface area contributed by atoms with Gasteiger partial charge in [-0.15, -0.1) is 12.4 Å². The van der Waals surface area contributed by atoms with E-state index in [-0.39, 0.29) is 25.6 Å². The molecule has 0 saturated carbocycles. The molecule has 0 radical (unpaired) electrons. The van der Waals surface area contributed by atoms with E-state index in [1.54, 1.807) is 0 Å². The molecule has 0 aromatic heterocycles. The van der Waals surface area contributed by atoms with Crippen molar-refractivity contribution in [1.29, 1.82) is 0 Å². The number of hydrogen-bond acceptors (Lipinski definition) is 4. The summed E-state index contributed by atoms with van der Waals surface area (Å²) in [4.78, 5) is 21.8. The summed E-state index contributed by atoms with van der Waals surface area (Å²) in [5.74, 6) is 4.34. The highest BCUT2D eigenvalue weighted by atomic mass is 35.5. The molecule has 17 heavy (non-hydrogen) atoms. The third-order valence-corrected chi connectivity index (χ3v) is 1.77. The summed E-state index contributed by atoms with van der Waals surface area (Å²) in [7, 11) is 0. The molecule has 7 heteroatoms. The Kier molecular flexibility index (Phi) is 7.49. The van der Waals surface area contributed by atoms with Gasteiger partial charge in [-0.2, -0.15) is 0 Å². The van der Waals surface area contributed by atoms with E-state index >= 15 is 0 Å². The van der Waals surface area contributed by atoms with Crippen molar-refractivity contribution >= 4 is 24.4 Å². The number of hydrazine groups is 1. The maximum absolute atomic E-state index is 11.1. The Labute approximate surface area is 105 Å². The summed E-state index contributed by atoms with van der Waals surface area (Å²) < 4.78 is 4.85. The Bertz CT molecular complexity index is 359. The number of nitrogens with one attached hydrogen (secondary N) is 2. The van der Waals surface area contributed by atoms with Gasteiger partial charge in [0.2, 0.25) is 0 Å². The molecule has 0 aliphatic rings. The van der Waals surface area contributed by atoms with Crippen LogP contribution in [0.5, 0.6) is 0 Å². The first-order chi connectivity index (χ1) is 7.72. The highest BCUT2D eigenvalue weighted by Crippen LogP contribution is 2.00. The van der Waals surface area contributed by atoms with Crippen LogP contribution < -0.4 is 16.6 Å². The number of benzene rings is 1. The molecule has 0 aliphatic carbocycles. The zero-order chi connectivity index (χ0) is 11.8. The molecule has 1 aromatic rings. The fraction of sp³-hybridized carbons (Fsp3) is 0.200. The Hall–Kier alpha value is -1.79. The monoisotopic (exact) mass is 259 g/mol. The molecule has 0 heterocycles. The van der Waals surface area contributed by atoms with Crippen molar-refractivity contribution in [3.63, 3.8) is 0 Å². The number of amides is 2. The van der Waals surface area contributed by atoms with Gasteiger partial charge in [-0.1, -0.05) is 30.3 Å². The second-order valence-corrected chi connectivity index (χ2v) is 2.98. The number of alkyl carbamates (subject to hydrolysis) is 1. The summed E-state index contributed by atoms with van der Waals surface area (Å²) in [6.45, 7) is -0.0406. The standard InChI is InChI=1S/C10H13N3O3.ClH/c11-13-9(14)6-12-10(15)16-7-8-4-2-1-3-5-8;/h1-5H,6-7,11H2,(H,12,15)(H,13,14);1H. The van der Waals surface area contributed by atoms with E-state index in [0.717, 1.165) is 5.56 Å². The molecule has 1 aromatic carbocycles. The normalized spacial score (nSPS) is 8.76. The van der Waals surface area contributed by atoms with Crippen LogP contribution in [0, 0.1) is 0 Å². The Morgan fingerprint density at radius 1 is 1.24 bits per heavy atom. The van der Waals surface area contributed by atoms with Gasteiger partial charge in [0.1, 0.15) is 13.2 Å². The summed E-state index contributed by atoms with van der Waals surface area (Å²) in [5, 5.41) is 2.25. The lowest BCUT2D eigenvalue weighted by Gasteiger charge is -2.06. The first-order valence-corrected chi connectivity index (χ1v) is 4.66. The quantitative estimate of drug-likeness (QED) is 0.413. The molecule has 4 N–H and O–H groups in total. The Morgan fingerprint density at radius 3 is 2.47 bits per heavy atom. The van der Waals surface area contributed by atoms with Crippen molar-refractivity contribution in [2.45, 2.75) is 6.61 Å². The molecular formula is C10H14ClN3O3. The van der Waals surface area contributed by atoms with Gasteiger partial charge >= 0.3 is 6.09 Å². The predicted molar refractivity (Wildman–Crippen MR) is 64.2 cm³/mol. The smallest absolute Gasteiger partial charge is 0.407 e. The minimum Gasteiger partial charge on any atom is -0.445 e. The van der Waals surface area contributed by atoms with Gasteiger partial charge in [-0.3, -0.25) is 10.2 Å². The first kappa shape index (κ1) is 15.2. The Balaban J connectivity index is 0.00000256. The summed E-state index contributed by atoms with van der Waals surface area (Å²) in [6.07, 6.45) is -0.660. The molecule has 0 spiro atoms. The van der Waals surface area contributed by atoms with Crippen LogP contribution >= 0.6 is 12.4 Å². The van der Waals surface area contributed by atoms with Crippen molar-refractivity contribution in [2.24, 2.45) is 5.84 Å². The number of halogens is 1. The SMILES string of the molecule is Cl.NNC(=O)CNC(=O)OCc1ccccc1. The van der Waals surface area contributed by atoms with Crippen molar-refractivity contribution in [1.82, 2.24) is 10.7 Å². The number of carbonyl (C=O) groups is 2. The van der Waals surface area contributed by atoms with Gasteiger partial charge in [0.15, 0.2) is 0 Å². The van der Waals surface area contributed by atoms with Crippen LogP contribution in [0.4, 0.5) is 4.79 Å². The topological polar surface area (TPSA) is 93.5 Å². The molecule has 0 bridgehead atoms. The van der Waals surface area contributed by atoms with Gasteiger partial charge in [0, 0.05) is 0 Å². The molecule has 2 amide bonds. The minimum atomic E-state index is -0.660. The number of hydrogen-bond donors (Lipinski definition) is 3. The summed E-state index contributed by atoms with van der Waals surface area (Å²) >= 11 is 0. The molecule has 0 aliphatic heterocycles. The highest BCUT2D eigenvalue weighted by Gasteiger charge is 2.04. The molecular weight excluding hydrogens is 246 g/mol. The van der Waals surface area contributed by atoms with Crippen LogP contribution in [0.1, 0.15) is 5.56 Å². The number of ether oxygens (including phenoxy) is 1. The van der Waals surface area contributed by atoms with E-state index in [0.29, 0.717) is 0 Å². The van der Waals surface area contributed by atoms with E-state index in [2.05, 4.69) is 5.32 Å². The molecule has 0 fully saturated rings. The van der Waals surface area contributed by atoms with Crippen molar-refractivity contribution < 1.29 is 14.3 Å². The van der Waals surface area contributed by atoms with E-state index in [4.69, 9.17) is 10.6 Å². The van der Waals surface area contributed by atoms with Crippen LogP contribution in [0.2, 0.25) is 0 Å². The van der Waals surface area contributed by atoms with Gasteiger partial charge in [0.05, 0.1) is 0 Å². The van der Waals surface area contributed by atoms with Crippen LogP contribution in [0.15, 0.2) is 30.3 Å². The molecule has 0 atom stereocenters. The highest BCUT2D eigenvalue weighted by molar-refractivity contribution is 5.85. The maximum atomic E-state index is 11.1. The second-order valence-electron chi connectivity index (χ2n) is 2.98. The molecule has 0 saturated heterocycles. The van der Waals surface area contributed by atoms with Crippen LogP contribution in [-0.2, 0) is 16.1 Å². The lowest BCUT2D eigenvalue weighted by atomic mass is 10.2. The maximum Gasteiger partial charge on any atom is 0.407 e. The van der Waals surface area contributed by atoms with Gasteiger partial charge in [-0.05, 0) is 5.56 Å². The van der Waals surface area contributed by atoms with Gasteiger partial charge in [0.25, 0.3) is 5.91 Å². The van der Waals surface area contributed by atoms with Crippen molar-refractivity contribution in [2.75, 3.05) is 6.54 Å². The average Bonchev–Trinajstić information content (AvgIpc) is 2.34. The summed E-state index contributed by atoms with van der Waals surface area (Å²) in [6, 6.07) is 9.23. The fourth-order valence-corrected chi connectivity index (χ4v) is 0.978. The van der Waals surface area contributed by atoms with Crippen molar-refractivity contribution in [3.8, 4) is 0 Å². The first-order valence-electron chi connectivity index (χ1n) is 4.66. The Morgan fingerprint density at radius 2 is 1.88 bits per heavy atom. The number of carbonyl (C=O) groups excluding carboxylic acids is 2. The molecule has 94 valence electrons. The summed E-state index contributed by atoms with van der Waals surface area (Å²) in [5.41, 5.74) is 2.76. The van der Waals surface area contributed by atoms with Gasteiger partial charge in [-0.25, -0.2) is 10.6 Å². The predicted octanol–water partition coefficient (Wildman–Crippen LogP) is 0.324. The van der Waals surface area contributed by atoms with E-state index in [1.807, 2.05) is 35.8 Å². The third kappa shape index (κ3) is 6.39. The molecule has 6 nitrogen and oxygen atoms in total. The van der Waals surface area contributed by atoms with Crippen molar-refractivity contribution in [3.05, 3.63) is 35.9 Å². The number of nitrogens with two attached hydrogens (primary N) is 1. The average molecular weight is 260 g/mol. The van der Waals surface area contributed by atoms with Crippen LogP contribution in [0.25, 0.3) is 0 Å². The largest absolute Gasteiger partial charge is 0.445 e. The van der Waals surface area contributed by atoms with Gasteiger partial charge < -0.3 is 10.1 Å². The molecule has 0 unspecified atom stereocenters. The third-order valence-electron chi connectivity index (χ3n) is 1.77. The lowest BCUT2D eigenvalue weighted by Crippen LogP contribution is -2.40. The van der Waals surface area contributed by atoms with Crippen LogP contribution in [0.3, 0.4) is 0 Å². The zero-order valence-electron chi connectivity index (χ0n) is 9.01. The molecule has 1 rings (SSSR count). The van der Waals surface area contributed by atoms with E-state index in [1.165, 1.54) is 0 Å². The van der Waals surface area contributed by atoms with E-state index < -0.39 is 12.0 Å². The second kappa shape index (κ2) is 8.37. The fourth-order valence-electron chi connectivity index (χ4n) is 0.978. The number of rotatable bonds is 4.